The first-order chi connectivity index (χ1) is 5.95. The van der Waals surface area contributed by atoms with Crippen LogP contribution in [0, 0.1) is 0 Å². The van der Waals surface area contributed by atoms with Crippen LogP contribution < -0.4 is 0 Å². The highest BCUT2D eigenvalue weighted by Crippen LogP contribution is 1.67. The van der Waals surface area contributed by atoms with Crippen molar-refractivity contribution in [1.29, 1.82) is 0 Å². The van der Waals surface area contributed by atoms with Crippen LogP contribution in [0.3, 0.4) is 0 Å². The van der Waals surface area contributed by atoms with Crippen LogP contribution in [0.2, 0.25) is 0 Å². The second kappa shape index (κ2) is 17.0. The number of hydrogen-bond donors (Lipinski definition) is 2. The second-order valence-corrected chi connectivity index (χ2v) is 1.90. The van der Waals surface area contributed by atoms with Crippen LogP contribution in [0.4, 0.5) is 0 Å². The zero-order valence-corrected chi connectivity index (χ0v) is 8.41. The van der Waals surface area contributed by atoms with E-state index in [1.54, 1.807) is 19.9 Å². The van der Waals surface area contributed by atoms with Gasteiger partial charge < -0.3 is 10.2 Å². The molecule has 78 valence electrons. The van der Waals surface area contributed by atoms with Crippen LogP contribution in [0.5, 0.6) is 0 Å². The first kappa shape index (κ1) is 17.7. The van der Waals surface area contributed by atoms with E-state index in [2.05, 4.69) is 6.58 Å². The number of carbonyl (C=O) groups is 2. The second-order valence-electron chi connectivity index (χ2n) is 1.90. The Kier molecular flexibility index (Phi) is 23.1. The van der Waals surface area contributed by atoms with E-state index in [-0.39, 0.29) is 12.8 Å². The third kappa shape index (κ3) is 112. The van der Waals surface area contributed by atoms with E-state index < -0.39 is 11.9 Å². The molecule has 0 bridgehead atoms. The maximum absolute atomic E-state index is 9.37. The van der Waals surface area contributed by atoms with Gasteiger partial charge in [-0.3, -0.25) is 9.59 Å². The third-order valence-electron chi connectivity index (χ3n) is 0.605. The van der Waals surface area contributed by atoms with Crippen LogP contribution in [-0.4, -0.2) is 22.2 Å². The van der Waals surface area contributed by atoms with E-state index >= 15 is 0 Å². The number of carboxylic acids is 2. The first-order valence-corrected chi connectivity index (χ1v) is 3.96. The number of rotatable bonds is 2. The summed E-state index contributed by atoms with van der Waals surface area (Å²) in [5.74, 6) is -1.49. The molecule has 13 heavy (non-hydrogen) atoms. The van der Waals surface area contributed by atoms with Crippen molar-refractivity contribution in [3.63, 3.8) is 0 Å². The standard InChI is InChI=1S/2C3H6O2.C3H6/c2*1-2-3(4)5;1-3-2/h2*2H2,1H3,(H,4,5);3H,1H2,2H3. The van der Waals surface area contributed by atoms with Crippen molar-refractivity contribution in [2.24, 2.45) is 0 Å². The summed E-state index contributed by atoms with van der Waals surface area (Å²) >= 11 is 0. The minimum absolute atomic E-state index is 0.222. The SMILES string of the molecule is C=CC.CCC(=O)O.CCC(=O)O. The van der Waals surface area contributed by atoms with Gasteiger partial charge in [0, 0.05) is 12.8 Å². The maximum Gasteiger partial charge on any atom is 0.303 e. The number of aliphatic carboxylic acids is 2. The summed E-state index contributed by atoms with van der Waals surface area (Å²) in [5, 5.41) is 15.4. The van der Waals surface area contributed by atoms with Gasteiger partial charge in [0.1, 0.15) is 0 Å². The summed E-state index contributed by atoms with van der Waals surface area (Å²) in [4.78, 5) is 18.7. The molecule has 0 aromatic rings. The van der Waals surface area contributed by atoms with Crippen LogP contribution >= 0.6 is 0 Å². The summed E-state index contributed by atoms with van der Waals surface area (Å²) in [7, 11) is 0. The van der Waals surface area contributed by atoms with E-state index in [1.807, 2.05) is 6.92 Å². The van der Waals surface area contributed by atoms with Crippen molar-refractivity contribution >= 4 is 11.9 Å². The fraction of sp³-hybridized carbons (Fsp3) is 0.556. The predicted octanol–water partition coefficient (Wildman–Crippen LogP) is 2.15. The van der Waals surface area contributed by atoms with Gasteiger partial charge in [0.05, 0.1) is 0 Å². The highest BCUT2D eigenvalue weighted by molar-refractivity contribution is 5.66. The Morgan fingerprint density at radius 3 is 1.23 bits per heavy atom. The minimum atomic E-state index is -0.745. The summed E-state index contributed by atoms with van der Waals surface area (Å²) in [5.41, 5.74) is 0. The van der Waals surface area contributed by atoms with E-state index in [1.165, 1.54) is 0 Å². The molecule has 0 aliphatic heterocycles. The minimum Gasteiger partial charge on any atom is -0.481 e. The van der Waals surface area contributed by atoms with Crippen molar-refractivity contribution < 1.29 is 19.8 Å². The predicted molar refractivity (Wildman–Crippen MR) is 51.7 cm³/mol. The Labute approximate surface area is 78.9 Å². The Balaban J connectivity index is -0.000000120. The van der Waals surface area contributed by atoms with Gasteiger partial charge in [-0.2, -0.15) is 0 Å². The average Bonchev–Trinajstić information content (AvgIpc) is 2.07. The molecule has 0 aliphatic rings. The number of hydrogen-bond acceptors (Lipinski definition) is 2. The van der Waals surface area contributed by atoms with Crippen molar-refractivity contribution in [3.8, 4) is 0 Å². The molecule has 0 aromatic carbocycles. The number of allylic oxidation sites excluding steroid dienone is 1. The van der Waals surface area contributed by atoms with Gasteiger partial charge in [-0.05, 0) is 6.92 Å². The average molecular weight is 190 g/mol. The van der Waals surface area contributed by atoms with Crippen LogP contribution in [0.1, 0.15) is 33.6 Å². The molecular weight excluding hydrogens is 172 g/mol. The molecule has 2 N–H and O–H groups in total. The third-order valence-corrected chi connectivity index (χ3v) is 0.605. The molecule has 0 heterocycles. The quantitative estimate of drug-likeness (QED) is 0.654. The lowest BCUT2D eigenvalue weighted by molar-refractivity contribution is -0.137. The molecule has 0 aliphatic carbocycles. The smallest absolute Gasteiger partial charge is 0.303 e. The largest absolute Gasteiger partial charge is 0.481 e. The Bertz CT molecular complexity index is 127. The van der Waals surface area contributed by atoms with Gasteiger partial charge in [-0.25, -0.2) is 0 Å². The Morgan fingerprint density at radius 1 is 1.15 bits per heavy atom. The molecule has 0 rings (SSSR count). The van der Waals surface area contributed by atoms with Crippen LogP contribution in [-0.2, 0) is 9.59 Å². The van der Waals surface area contributed by atoms with Gasteiger partial charge in [0.25, 0.3) is 0 Å². The molecule has 0 saturated carbocycles. The lowest BCUT2D eigenvalue weighted by atomic mass is 10.5. The molecule has 0 unspecified atom stereocenters. The monoisotopic (exact) mass is 190 g/mol. The van der Waals surface area contributed by atoms with E-state index in [4.69, 9.17) is 10.2 Å². The summed E-state index contributed by atoms with van der Waals surface area (Å²) < 4.78 is 0. The molecule has 0 spiro atoms. The van der Waals surface area contributed by atoms with Crippen LogP contribution in [0.25, 0.3) is 0 Å². The molecule has 0 saturated heterocycles. The summed E-state index contributed by atoms with van der Waals surface area (Å²) in [6, 6.07) is 0. The van der Waals surface area contributed by atoms with E-state index in [0.29, 0.717) is 0 Å². The topological polar surface area (TPSA) is 74.6 Å². The fourth-order valence-electron chi connectivity index (χ4n) is 0. The Hall–Kier alpha value is -1.32. The highest BCUT2D eigenvalue weighted by atomic mass is 16.4. The molecule has 0 atom stereocenters. The lowest BCUT2D eigenvalue weighted by Gasteiger charge is -1.71. The van der Waals surface area contributed by atoms with Crippen molar-refractivity contribution in [2.45, 2.75) is 33.6 Å². The summed E-state index contributed by atoms with van der Waals surface area (Å²) in [6.45, 7) is 8.45. The molecular formula is C9H18O4. The normalized spacial score (nSPS) is 6.69. The van der Waals surface area contributed by atoms with Crippen molar-refractivity contribution in [1.82, 2.24) is 0 Å². The highest BCUT2D eigenvalue weighted by Gasteiger charge is 1.81. The van der Waals surface area contributed by atoms with E-state index in [9.17, 15) is 9.59 Å². The molecule has 0 amide bonds. The number of carboxylic acid groups (broad SMARTS) is 2. The van der Waals surface area contributed by atoms with E-state index in [0.717, 1.165) is 0 Å². The molecule has 4 nitrogen and oxygen atoms in total. The van der Waals surface area contributed by atoms with Crippen molar-refractivity contribution in [2.75, 3.05) is 0 Å². The fourth-order valence-corrected chi connectivity index (χ4v) is 0. The molecule has 4 heteroatoms. The van der Waals surface area contributed by atoms with Crippen molar-refractivity contribution in [3.05, 3.63) is 12.7 Å². The zero-order chi connectivity index (χ0) is 11.3. The first-order valence-electron chi connectivity index (χ1n) is 3.96. The lowest BCUT2D eigenvalue weighted by Crippen LogP contribution is -1.86. The van der Waals surface area contributed by atoms with Gasteiger partial charge >= 0.3 is 11.9 Å². The zero-order valence-electron chi connectivity index (χ0n) is 8.41. The maximum atomic E-state index is 9.37. The van der Waals surface area contributed by atoms with Gasteiger partial charge in [-0.15, -0.1) is 6.58 Å². The molecule has 0 aromatic heterocycles. The molecule has 0 radical (unpaired) electrons. The summed E-state index contributed by atoms with van der Waals surface area (Å²) in [6.07, 6.45) is 2.19. The van der Waals surface area contributed by atoms with Gasteiger partial charge in [-0.1, -0.05) is 19.9 Å². The Morgan fingerprint density at radius 2 is 1.23 bits per heavy atom. The van der Waals surface area contributed by atoms with Gasteiger partial charge in [0.2, 0.25) is 0 Å². The van der Waals surface area contributed by atoms with Gasteiger partial charge in [0.15, 0.2) is 0 Å². The van der Waals surface area contributed by atoms with Crippen LogP contribution in [0.15, 0.2) is 12.7 Å². The molecule has 0 fully saturated rings.